The lowest BCUT2D eigenvalue weighted by atomic mass is 9.94. The van der Waals surface area contributed by atoms with Gasteiger partial charge in [-0.25, -0.2) is 0 Å². The molecular formula is C16H21Cl2NO. The van der Waals surface area contributed by atoms with E-state index in [0.29, 0.717) is 22.0 Å². The number of aliphatic hydroxyl groups excluding tert-OH is 1. The first-order chi connectivity index (χ1) is 9.66. The number of halogens is 2. The molecule has 2 nitrogen and oxygen atoms in total. The summed E-state index contributed by atoms with van der Waals surface area (Å²) in [5.41, 5.74) is 1.10. The Bertz CT molecular complexity index is 480. The van der Waals surface area contributed by atoms with Crippen LogP contribution in [0.5, 0.6) is 0 Å². The first-order valence-corrected chi connectivity index (χ1v) is 8.27. The fourth-order valence-electron chi connectivity index (χ4n) is 3.84. The quantitative estimate of drug-likeness (QED) is 0.907. The number of hydrogen-bond donors (Lipinski definition) is 1. The molecular weight excluding hydrogens is 293 g/mol. The molecule has 0 bridgehead atoms. The van der Waals surface area contributed by atoms with Crippen molar-refractivity contribution in [2.75, 3.05) is 6.54 Å². The Labute approximate surface area is 130 Å². The molecule has 0 spiro atoms. The largest absolute Gasteiger partial charge is 0.393 e. The maximum absolute atomic E-state index is 10.2. The van der Waals surface area contributed by atoms with Crippen molar-refractivity contribution in [2.24, 2.45) is 5.92 Å². The highest BCUT2D eigenvalue weighted by molar-refractivity contribution is 6.42. The van der Waals surface area contributed by atoms with E-state index in [1.165, 1.54) is 12.8 Å². The number of nitrogens with zero attached hydrogens (tertiary/aromatic N) is 1. The summed E-state index contributed by atoms with van der Waals surface area (Å²) in [6.07, 6.45) is 5.58. The molecule has 1 aliphatic carbocycles. The Kier molecular flexibility index (Phi) is 4.56. The minimum atomic E-state index is -0.115. The van der Waals surface area contributed by atoms with Crippen molar-refractivity contribution >= 4 is 23.2 Å². The molecule has 3 rings (SSSR count). The van der Waals surface area contributed by atoms with Crippen LogP contribution in [0.3, 0.4) is 0 Å². The zero-order chi connectivity index (χ0) is 14.1. The molecule has 1 aliphatic heterocycles. The van der Waals surface area contributed by atoms with Gasteiger partial charge < -0.3 is 5.11 Å². The van der Waals surface area contributed by atoms with Crippen molar-refractivity contribution in [3.8, 4) is 0 Å². The summed E-state index contributed by atoms with van der Waals surface area (Å²) in [7, 11) is 0. The van der Waals surface area contributed by atoms with Gasteiger partial charge in [0.2, 0.25) is 0 Å². The van der Waals surface area contributed by atoms with E-state index in [0.717, 1.165) is 37.9 Å². The van der Waals surface area contributed by atoms with Crippen molar-refractivity contribution in [2.45, 2.75) is 50.8 Å². The molecule has 3 atom stereocenters. The fourth-order valence-corrected chi connectivity index (χ4v) is 4.22. The highest BCUT2D eigenvalue weighted by Gasteiger charge is 2.38. The molecule has 1 saturated heterocycles. The van der Waals surface area contributed by atoms with Gasteiger partial charge in [0.05, 0.1) is 16.1 Å². The summed E-state index contributed by atoms with van der Waals surface area (Å²) >= 11 is 12.4. The van der Waals surface area contributed by atoms with Crippen LogP contribution in [-0.4, -0.2) is 28.7 Å². The van der Waals surface area contributed by atoms with Crippen LogP contribution >= 0.6 is 23.2 Å². The SMILES string of the molecule is OC1CCCC1C1CCCN1Cc1cccc(Cl)c1Cl. The topological polar surface area (TPSA) is 23.5 Å². The number of likely N-dealkylation sites (tertiary alicyclic amines) is 1. The zero-order valence-corrected chi connectivity index (χ0v) is 13.1. The standard InChI is InChI=1S/C16H21Cl2NO/c17-13-6-1-4-11(16(13)18)10-19-9-3-7-14(19)12-5-2-8-15(12)20/h1,4,6,12,14-15,20H,2-3,5,7-10H2. The number of hydrogen-bond acceptors (Lipinski definition) is 2. The summed E-state index contributed by atoms with van der Waals surface area (Å²) < 4.78 is 0. The Hall–Kier alpha value is -0.280. The number of aliphatic hydroxyl groups is 1. The van der Waals surface area contributed by atoms with Crippen LogP contribution in [0, 0.1) is 5.92 Å². The average Bonchev–Trinajstić information content (AvgIpc) is 3.03. The molecule has 1 N–H and O–H groups in total. The highest BCUT2D eigenvalue weighted by atomic mass is 35.5. The summed E-state index contributed by atoms with van der Waals surface area (Å²) in [6.45, 7) is 1.93. The van der Waals surface area contributed by atoms with Gasteiger partial charge in [-0.15, -0.1) is 0 Å². The zero-order valence-electron chi connectivity index (χ0n) is 11.6. The first kappa shape index (κ1) is 14.6. The maximum Gasteiger partial charge on any atom is 0.0637 e. The van der Waals surface area contributed by atoms with E-state index in [-0.39, 0.29) is 6.10 Å². The highest BCUT2D eigenvalue weighted by Crippen LogP contribution is 2.37. The lowest BCUT2D eigenvalue weighted by molar-refractivity contribution is 0.0719. The fraction of sp³-hybridized carbons (Fsp3) is 0.625. The summed E-state index contributed by atoms with van der Waals surface area (Å²) in [4.78, 5) is 2.48. The normalized spacial score (nSPS) is 31.1. The molecule has 110 valence electrons. The number of rotatable bonds is 3. The molecule has 0 aromatic heterocycles. The van der Waals surface area contributed by atoms with Crippen molar-refractivity contribution in [3.63, 3.8) is 0 Å². The van der Waals surface area contributed by atoms with Crippen LogP contribution in [0.4, 0.5) is 0 Å². The molecule has 1 aromatic carbocycles. The van der Waals surface area contributed by atoms with Crippen LogP contribution in [-0.2, 0) is 6.54 Å². The van der Waals surface area contributed by atoms with Crippen LogP contribution in [0.25, 0.3) is 0 Å². The minimum Gasteiger partial charge on any atom is -0.393 e. The Morgan fingerprint density at radius 1 is 1.15 bits per heavy atom. The maximum atomic E-state index is 10.2. The van der Waals surface area contributed by atoms with Crippen molar-refractivity contribution in [1.82, 2.24) is 4.90 Å². The molecule has 2 aliphatic rings. The van der Waals surface area contributed by atoms with E-state index >= 15 is 0 Å². The second-order valence-corrected chi connectivity index (χ2v) is 6.84. The predicted octanol–water partition coefficient (Wildman–Crippen LogP) is 4.12. The van der Waals surface area contributed by atoms with Crippen LogP contribution in [0.1, 0.15) is 37.7 Å². The Morgan fingerprint density at radius 2 is 2.00 bits per heavy atom. The third-order valence-corrected chi connectivity index (χ3v) is 5.70. The molecule has 0 radical (unpaired) electrons. The molecule has 1 aromatic rings. The van der Waals surface area contributed by atoms with E-state index < -0.39 is 0 Å². The lowest BCUT2D eigenvalue weighted by Gasteiger charge is -2.31. The predicted molar refractivity (Wildman–Crippen MR) is 83.2 cm³/mol. The van der Waals surface area contributed by atoms with E-state index in [1.807, 2.05) is 12.1 Å². The minimum absolute atomic E-state index is 0.115. The molecule has 2 fully saturated rings. The van der Waals surface area contributed by atoms with Crippen LogP contribution < -0.4 is 0 Å². The Morgan fingerprint density at radius 3 is 2.75 bits per heavy atom. The average molecular weight is 314 g/mol. The first-order valence-electron chi connectivity index (χ1n) is 7.52. The van der Waals surface area contributed by atoms with Crippen molar-refractivity contribution in [3.05, 3.63) is 33.8 Å². The number of benzene rings is 1. The van der Waals surface area contributed by atoms with E-state index in [2.05, 4.69) is 11.0 Å². The van der Waals surface area contributed by atoms with Gasteiger partial charge in [-0.1, -0.05) is 41.8 Å². The van der Waals surface area contributed by atoms with Gasteiger partial charge in [-0.2, -0.15) is 0 Å². The van der Waals surface area contributed by atoms with Gasteiger partial charge in [-0.3, -0.25) is 4.90 Å². The molecule has 1 saturated carbocycles. The summed E-state index contributed by atoms with van der Waals surface area (Å²) in [5, 5.41) is 11.5. The lowest BCUT2D eigenvalue weighted by Crippen LogP contribution is -2.38. The second-order valence-electron chi connectivity index (χ2n) is 6.06. The molecule has 4 heteroatoms. The molecule has 20 heavy (non-hydrogen) atoms. The van der Waals surface area contributed by atoms with Gasteiger partial charge in [0.15, 0.2) is 0 Å². The third kappa shape index (κ3) is 2.85. The summed E-state index contributed by atoms with van der Waals surface area (Å²) in [5.74, 6) is 0.440. The van der Waals surface area contributed by atoms with E-state index in [1.54, 1.807) is 0 Å². The van der Waals surface area contributed by atoms with Gasteiger partial charge in [0.25, 0.3) is 0 Å². The van der Waals surface area contributed by atoms with E-state index in [9.17, 15) is 5.11 Å². The van der Waals surface area contributed by atoms with Crippen molar-refractivity contribution in [1.29, 1.82) is 0 Å². The molecule has 1 heterocycles. The second kappa shape index (κ2) is 6.23. The van der Waals surface area contributed by atoms with Gasteiger partial charge >= 0.3 is 0 Å². The molecule has 0 amide bonds. The van der Waals surface area contributed by atoms with Crippen LogP contribution in [0.2, 0.25) is 10.0 Å². The van der Waals surface area contributed by atoms with Crippen molar-refractivity contribution < 1.29 is 5.11 Å². The van der Waals surface area contributed by atoms with Gasteiger partial charge in [0.1, 0.15) is 0 Å². The van der Waals surface area contributed by atoms with E-state index in [4.69, 9.17) is 23.2 Å². The van der Waals surface area contributed by atoms with Gasteiger partial charge in [-0.05, 0) is 43.9 Å². The third-order valence-electron chi connectivity index (χ3n) is 4.85. The monoisotopic (exact) mass is 313 g/mol. The molecule has 3 unspecified atom stereocenters. The van der Waals surface area contributed by atoms with Crippen LogP contribution in [0.15, 0.2) is 18.2 Å². The smallest absolute Gasteiger partial charge is 0.0637 e. The summed E-state index contributed by atoms with van der Waals surface area (Å²) in [6, 6.07) is 6.34. The van der Waals surface area contributed by atoms with Gasteiger partial charge in [0, 0.05) is 18.5 Å². The Balaban J connectivity index is 1.74.